The smallest absolute Gasteiger partial charge is 0.232 e. The Morgan fingerprint density at radius 3 is 1.67 bits per heavy atom. The molecule has 2 N–H and O–H groups in total. The Morgan fingerprint density at radius 2 is 1.25 bits per heavy atom. The van der Waals surface area contributed by atoms with Gasteiger partial charge in [-0.3, -0.25) is 14.8 Å². The SMILES string of the molecule is O=C(c1c[nH]c(-c2ccccn2)n1)c1c[nH]c(-c2ccccn2)n1. The third kappa shape index (κ3) is 2.58. The third-order valence-electron chi connectivity index (χ3n) is 3.44. The molecule has 0 saturated heterocycles. The van der Waals surface area contributed by atoms with Crippen LogP contribution in [0.1, 0.15) is 16.2 Å². The van der Waals surface area contributed by atoms with Crippen molar-refractivity contribution in [2.45, 2.75) is 0 Å². The first-order chi connectivity index (χ1) is 11.8. The minimum absolute atomic E-state index is 0.271. The minimum Gasteiger partial charge on any atom is -0.343 e. The number of rotatable bonds is 4. The van der Waals surface area contributed by atoms with Crippen LogP contribution in [0.2, 0.25) is 0 Å². The van der Waals surface area contributed by atoms with Crippen molar-refractivity contribution < 1.29 is 4.79 Å². The number of carbonyl (C=O) groups is 1. The number of imidazole rings is 2. The van der Waals surface area contributed by atoms with Gasteiger partial charge in [-0.25, -0.2) is 9.97 Å². The van der Waals surface area contributed by atoms with Crippen LogP contribution in [0.5, 0.6) is 0 Å². The number of aromatic amines is 2. The molecule has 0 aliphatic heterocycles. The van der Waals surface area contributed by atoms with E-state index in [4.69, 9.17) is 0 Å². The first kappa shape index (κ1) is 14.0. The van der Waals surface area contributed by atoms with Gasteiger partial charge in [0.2, 0.25) is 5.78 Å². The molecule has 4 rings (SSSR count). The lowest BCUT2D eigenvalue weighted by Crippen LogP contribution is -2.02. The summed E-state index contributed by atoms with van der Waals surface area (Å²) < 4.78 is 0. The minimum atomic E-state index is -0.271. The van der Waals surface area contributed by atoms with Crippen LogP contribution in [-0.4, -0.2) is 35.7 Å². The van der Waals surface area contributed by atoms with Crippen LogP contribution < -0.4 is 0 Å². The molecule has 0 radical (unpaired) electrons. The van der Waals surface area contributed by atoms with E-state index in [1.165, 1.54) is 0 Å². The Hall–Kier alpha value is -3.61. The van der Waals surface area contributed by atoms with Gasteiger partial charge in [0.15, 0.2) is 11.6 Å². The van der Waals surface area contributed by atoms with E-state index in [0.717, 1.165) is 0 Å². The molecule has 0 amide bonds. The highest BCUT2D eigenvalue weighted by atomic mass is 16.1. The summed E-state index contributed by atoms with van der Waals surface area (Å²) in [7, 11) is 0. The van der Waals surface area contributed by atoms with Crippen LogP contribution in [0.3, 0.4) is 0 Å². The molecule has 0 aliphatic carbocycles. The number of aromatic nitrogens is 6. The molecule has 116 valence electrons. The first-order valence-electron chi connectivity index (χ1n) is 7.29. The fourth-order valence-electron chi connectivity index (χ4n) is 2.28. The number of hydrogen-bond acceptors (Lipinski definition) is 5. The summed E-state index contributed by atoms with van der Waals surface area (Å²) in [6.07, 6.45) is 6.46. The standard InChI is InChI=1S/C17H12N6O/c24-15(13-9-20-16(22-13)11-5-1-3-7-18-11)14-10-21-17(23-14)12-6-2-4-8-19-12/h1-10H,(H,20,22)(H,21,23). The van der Waals surface area contributed by atoms with Crippen LogP contribution in [-0.2, 0) is 0 Å². The number of hydrogen-bond donors (Lipinski definition) is 2. The summed E-state index contributed by atoms with van der Waals surface area (Å²) in [5.41, 5.74) is 1.92. The molecule has 4 heterocycles. The van der Waals surface area contributed by atoms with Gasteiger partial charge in [-0.1, -0.05) is 12.1 Å². The van der Waals surface area contributed by atoms with E-state index in [9.17, 15) is 4.79 Å². The Kier molecular flexibility index (Phi) is 3.43. The number of carbonyl (C=O) groups excluding carboxylic acids is 1. The summed E-state index contributed by atoms with van der Waals surface area (Å²) in [4.78, 5) is 35.5. The van der Waals surface area contributed by atoms with Gasteiger partial charge in [0.1, 0.15) is 22.8 Å². The van der Waals surface area contributed by atoms with Crippen LogP contribution >= 0.6 is 0 Å². The topological polar surface area (TPSA) is 100 Å². The zero-order chi connectivity index (χ0) is 16.4. The summed E-state index contributed by atoms with van der Waals surface area (Å²) in [6.45, 7) is 0. The molecule has 0 fully saturated rings. The monoisotopic (exact) mass is 316 g/mol. The van der Waals surface area contributed by atoms with Crippen molar-refractivity contribution in [2.75, 3.05) is 0 Å². The molecule has 4 aromatic heterocycles. The Labute approximate surface area is 136 Å². The number of ketones is 1. The quantitative estimate of drug-likeness (QED) is 0.563. The van der Waals surface area contributed by atoms with Gasteiger partial charge < -0.3 is 9.97 Å². The van der Waals surface area contributed by atoms with Crippen molar-refractivity contribution in [1.82, 2.24) is 29.9 Å². The van der Waals surface area contributed by atoms with Crippen molar-refractivity contribution in [2.24, 2.45) is 0 Å². The van der Waals surface area contributed by atoms with E-state index in [-0.39, 0.29) is 17.2 Å². The second kappa shape index (κ2) is 5.88. The van der Waals surface area contributed by atoms with E-state index in [2.05, 4.69) is 29.9 Å². The molecule has 7 heteroatoms. The van der Waals surface area contributed by atoms with Gasteiger partial charge in [-0.2, -0.15) is 0 Å². The van der Waals surface area contributed by atoms with Gasteiger partial charge in [0, 0.05) is 24.8 Å². The van der Waals surface area contributed by atoms with E-state index >= 15 is 0 Å². The summed E-state index contributed by atoms with van der Waals surface area (Å²) >= 11 is 0. The largest absolute Gasteiger partial charge is 0.343 e. The zero-order valence-corrected chi connectivity index (χ0v) is 12.5. The lowest BCUT2D eigenvalue weighted by molar-refractivity contribution is 0.103. The number of nitrogens with zero attached hydrogens (tertiary/aromatic N) is 4. The average molecular weight is 316 g/mol. The van der Waals surface area contributed by atoms with E-state index in [1.807, 2.05) is 36.4 Å². The first-order valence-corrected chi connectivity index (χ1v) is 7.29. The second-order valence-electron chi connectivity index (χ2n) is 5.03. The summed E-state index contributed by atoms with van der Waals surface area (Å²) in [5.74, 6) is 0.811. The van der Waals surface area contributed by atoms with E-state index < -0.39 is 0 Å². The normalized spacial score (nSPS) is 10.7. The van der Waals surface area contributed by atoms with Crippen molar-refractivity contribution in [3.05, 3.63) is 72.6 Å². The van der Waals surface area contributed by atoms with Crippen molar-refractivity contribution >= 4 is 5.78 Å². The van der Waals surface area contributed by atoms with Crippen LogP contribution in [0.4, 0.5) is 0 Å². The Balaban J connectivity index is 1.61. The summed E-state index contributed by atoms with van der Waals surface area (Å²) in [6, 6.07) is 11.0. The molecule has 0 aliphatic rings. The molecule has 0 atom stereocenters. The van der Waals surface area contributed by atoms with E-state index in [0.29, 0.717) is 23.0 Å². The number of H-pyrrole nitrogens is 2. The van der Waals surface area contributed by atoms with Crippen LogP contribution in [0.15, 0.2) is 61.2 Å². The van der Waals surface area contributed by atoms with Crippen molar-refractivity contribution in [1.29, 1.82) is 0 Å². The molecule has 24 heavy (non-hydrogen) atoms. The highest BCUT2D eigenvalue weighted by molar-refractivity contribution is 6.06. The second-order valence-corrected chi connectivity index (χ2v) is 5.03. The third-order valence-corrected chi connectivity index (χ3v) is 3.44. The lowest BCUT2D eigenvalue weighted by atomic mass is 10.2. The Bertz CT molecular complexity index is 895. The predicted octanol–water partition coefficient (Wildman–Crippen LogP) is 2.49. The molecule has 4 aromatic rings. The maximum atomic E-state index is 12.5. The van der Waals surface area contributed by atoms with E-state index in [1.54, 1.807) is 24.8 Å². The molecule has 7 nitrogen and oxygen atoms in total. The molecule has 0 spiro atoms. The Morgan fingerprint density at radius 1 is 0.750 bits per heavy atom. The maximum Gasteiger partial charge on any atom is 0.232 e. The van der Waals surface area contributed by atoms with Crippen LogP contribution in [0, 0.1) is 0 Å². The lowest BCUT2D eigenvalue weighted by Gasteiger charge is -1.94. The maximum absolute atomic E-state index is 12.5. The van der Waals surface area contributed by atoms with Gasteiger partial charge in [0.25, 0.3) is 0 Å². The van der Waals surface area contributed by atoms with Crippen LogP contribution in [0.25, 0.3) is 23.0 Å². The fourth-order valence-corrected chi connectivity index (χ4v) is 2.28. The molecular formula is C17H12N6O. The summed E-state index contributed by atoms with van der Waals surface area (Å²) in [5, 5.41) is 0. The molecule has 0 saturated carbocycles. The molecular weight excluding hydrogens is 304 g/mol. The average Bonchev–Trinajstić information content (AvgIpc) is 3.33. The number of nitrogens with one attached hydrogen (secondary N) is 2. The van der Waals surface area contributed by atoms with Crippen molar-refractivity contribution in [3.63, 3.8) is 0 Å². The van der Waals surface area contributed by atoms with Gasteiger partial charge >= 0.3 is 0 Å². The molecule has 0 bridgehead atoms. The van der Waals surface area contributed by atoms with Gasteiger partial charge in [-0.15, -0.1) is 0 Å². The zero-order valence-electron chi connectivity index (χ0n) is 12.5. The van der Waals surface area contributed by atoms with Gasteiger partial charge in [0.05, 0.1) is 0 Å². The van der Waals surface area contributed by atoms with Gasteiger partial charge in [-0.05, 0) is 24.3 Å². The van der Waals surface area contributed by atoms with Crippen molar-refractivity contribution in [3.8, 4) is 23.0 Å². The molecule has 0 unspecified atom stereocenters. The fraction of sp³-hybridized carbons (Fsp3) is 0. The highest BCUT2D eigenvalue weighted by Crippen LogP contribution is 2.16. The predicted molar refractivity (Wildman–Crippen MR) is 87.1 cm³/mol. The molecule has 0 aromatic carbocycles. The highest BCUT2D eigenvalue weighted by Gasteiger charge is 2.17. The number of pyridine rings is 2.